The first-order valence-corrected chi connectivity index (χ1v) is 21.7. The minimum absolute atomic E-state index is 0.457. The lowest BCUT2D eigenvalue weighted by Crippen LogP contribution is -2.37. The molecule has 2 heterocycles. The minimum Gasteiger partial charge on any atom is -0.310 e. The standard InChI is InChI=1S/C58H34F6N2/c59-57(60,61)35-27-29-39-40-31-32-46-53(54(40)56(47(39)33-35)44-21-9-13-25-51(44)66(38-17-5-2-6-18-38)52-26-14-10-22-45(52)56)41-30-28-36(58(62,63)64)34-48(41)55(46)42-19-7-11-23-49(42)65(37-15-3-1-4-16-37)50-24-12-8-20-43(50)55/h1-34H. The molecular formula is C58H34F6N2. The second kappa shape index (κ2) is 13.4. The van der Waals surface area contributed by atoms with E-state index >= 15 is 26.3 Å². The molecule has 0 aromatic heterocycles. The van der Waals surface area contributed by atoms with E-state index in [1.54, 1.807) is 12.1 Å². The van der Waals surface area contributed by atoms with Crippen molar-refractivity contribution in [1.82, 2.24) is 0 Å². The second-order valence-electron chi connectivity index (χ2n) is 17.3. The quantitative estimate of drug-likeness (QED) is 0.160. The molecule has 9 aromatic rings. The Balaban J connectivity index is 1.22. The predicted molar refractivity (Wildman–Crippen MR) is 248 cm³/mol. The summed E-state index contributed by atoms with van der Waals surface area (Å²) in [5, 5.41) is 0. The Hall–Kier alpha value is -7.84. The van der Waals surface area contributed by atoms with Crippen LogP contribution in [-0.4, -0.2) is 0 Å². The highest BCUT2D eigenvalue weighted by Gasteiger charge is 2.59. The molecule has 0 unspecified atom stereocenters. The molecule has 0 radical (unpaired) electrons. The van der Waals surface area contributed by atoms with Gasteiger partial charge in [0.25, 0.3) is 0 Å². The summed E-state index contributed by atoms with van der Waals surface area (Å²) >= 11 is 0. The maximum atomic E-state index is 15.2. The van der Waals surface area contributed by atoms with E-state index in [-0.39, 0.29) is 0 Å². The van der Waals surface area contributed by atoms with Crippen molar-refractivity contribution in [3.8, 4) is 22.3 Å². The van der Waals surface area contributed by atoms with Crippen LogP contribution in [0.3, 0.4) is 0 Å². The Morgan fingerprint density at radius 1 is 0.303 bits per heavy atom. The summed E-state index contributed by atoms with van der Waals surface area (Å²) in [7, 11) is 0. The van der Waals surface area contributed by atoms with Crippen LogP contribution in [0, 0.1) is 0 Å². The highest BCUT2D eigenvalue weighted by Crippen LogP contribution is 2.71. The smallest absolute Gasteiger partial charge is 0.310 e. The fraction of sp³-hybridized carbons (Fsp3) is 0.0690. The van der Waals surface area contributed by atoms with Gasteiger partial charge in [0.2, 0.25) is 0 Å². The molecule has 0 amide bonds. The summed E-state index contributed by atoms with van der Waals surface area (Å²) in [5.41, 5.74) is 8.85. The molecule has 2 aliphatic heterocycles. The third-order valence-corrected chi connectivity index (χ3v) is 14.3. The third kappa shape index (κ3) is 4.88. The van der Waals surface area contributed by atoms with Gasteiger partial charge >= 0.3 is 12.4 Å². The van der Waals surface area contributed by atoms with Gasteiger partial charge in [0.05, 0.1) is 44.7 Å². The first-order chi connectivity index (χ1) is 32.0. The molecule has 0 fully saturated rings. The Morgan fingerprint density at radius 3 is 1.11 bits per heavy atom. The number of anilines is 6. The normalized spacial score (nSPS) is 15.3. The average molecular weight is 873 g/mol. The molecule has 2 nitrogen and oxygen atoms in total. The van der Waals surface area contributed by atoms with Crippen LogP contribution >= 0.6 is 0 Å². The van der Waals surface area contributed by atoms with E-state index in [2.05, 4.69) is 9.80 Å². The highest BCUT2D eigenvalue weighted by molar-refractivity contribution is 6.04. The molecule has 0 saturated carbocycles. The van der Waals surface area contributed by atoms with E-state index in [0.717, 1.165) is 85.2 Å². The van der Waals surface area contributed by atoms with Gasteiger partial charge in [-0.1, -0.05) is 133 Å². The Kier molecular flexibility index (Phi) is 7.81. The summed E-state index contributed by atoms with van der Waals surface area (Å²) in [4.78, 5) is 4.32. The van der Waals surface area contributed by atoms with Gasteiger partial charge in [-0.15, -0.1) is 0 Å². The zero-order chi connectivity index (χ0) is 44.7. The number of nitrogens with zero attached hydrogens (tertiary/aromatic N) is 2. The van der Waals surface area contributed by atoms with Crippen molar-refractivity contribution in [3.63, 3.8) is 0 Å². The van der Waals surface area contributed by atoms with E-state index in [1.165, 1.54) is 12.1 Å². The largest absolute Gasteiger partial charge is 0.416 e. The monoisotopic (exact) mass is 872 g/mol. The van der Waals surface area contributed by atoms with Gasteiger partial charge < -0.3 is 9.80 Å². The Bertz CT molecular complexity index is 3390. The molecule has 2 aliphatic carbocycles. The maximum absolute atomic E-state index is 15.2. The number of para-hydroxylation sites is 6. The van der Waals surface area contributed by atoms with Crippen LogP contribution in [0.2, 0.25) is 0 Å². The molecular weight excluding hydrogens is 839 g/mol. The molecule has 0 bridgehead atoms. The van der Waals surface area contributed by atoms with Crippen LogP contribution in [0.25, 0.3) is 22.3 Å². The van der Waals surface area contributed by atoms with E-state index in [9.17, 15) is 0 Å². The van der Waals surface area contributed by atoms with E-state index in [0.29, 0.717) is 27.8 Å². The zero-order valence-electron chi connectivity index (χ0n) is 34.8. The topological polar surface area (TPSA) is 6.48 Å². The van der Waals surface area contributed by atoms with Crippen LogP contribution in [0.1, 0.15) is 55.6 Å². The second-order valence-corrected chi connectivity index (χ2v) is 17.3. The number of alkyl halides is 6. The number of fused-ring (bicyclic) bond motifs is 19. The Labute approximate surface area is 376 Å². The number of benzene rings is 9. The first kappa shape index (κ1) is 38.6. The van der Waals surface area contributed by atoms with Gasteiger partial charge in [0.15, 0.2) is 0 Å². The van der Waals surface area contributed by atoms with Gasteiger partial charge in [0, 0.05) is 11.4 Å². The van der Waals surface area contributed by atoms with Gasteiger partial charge in [-0.05, 0) is 140 Å². The van der Waals surface area contributed by atoms with Crippen molar-refractivity contribution >= 4 is 34.1 Å². The SMILES string of the molecule is FC(F)(F)c1ccc2c(c1)C1(c3ccccc3N(c3ccccc3)c3ccccc31)c1ccc3c(c1-2)C1(c2cc(C(F)(F)F)ccc2-3)c2ccccc2N(c2ccccc2)c2ccccc21. The van der Waals surface area contributed by atoms with E-state index in [1.807, 2.05) is 170 Å². The summed E-state index contributed by atoms with van der Waals surface area (Å²) < 4.78 is 91.1. The fourth-order valence-corrected chi connectivity index (χ4v) is 11.9. The van der Waals surface area contributed by atoms with Crippen LogP contribution in [0.15, 0.2) is 206 Å². The lowest BCUT2D eigenvalue weighted by Gasteiger charge is -2.46. The van der Waals surface area contributed by atoms with Crippen LogP contribution < -0.4 is 9.80 Å². The molecule has 318 valence electrons. The molecule has 8 heteroatoms. The number of rotatable bonds is 2. The number of halogens is 6. The maximum Gasteiger partial charge on any atom is 0.416 e. The van der Waals surface area contributed by atoms with E-state index < -0.39 is 34.3 Å². The lowest BCUT2D eigenvalue weighted by molar-refractivity contribution is -0.138. The third-order valence-electron chi connectivity index (χ3n) is 14.3. The molecule has 0 N–H and O–H groups in total. The van der Waals surface area contributed by atoms with Crippen molar-refractivity contribution in [2.45, 2.75) is 23.2 Å². The van der Waals surface area contributed by atoms with Gasteiger partial charge in [-0.25, -0.2) is 0 Å². The summed E-state index contributed by atoms with van der Waals surface area (Å²) in [6.07, 6.45) is -9.34. The lowest BCUT2D eigenvalue weighted by atomic mass is 9.62. The molecule has 9 aromatic carbocycles. The van der Waals surface area contributed by atoms with Crippen LogP contribution in [0.4, 0.5) is 60.5 Å². The molecule has 4 aliphatic rings. The molecule has 2 spiro atoms. The number of hydrogen-bond donors (Lipinski definition) is 0. The van der Waals surface area contributed by atoms with Gasteiger partial charge in [-0.2, -0.15) is 26.3 Å². The van der Waals surface area contributed by atoms with Crippen molar-refractivity contribution in [3.05, 3.63) is 262 Å². The molecule has 13 rings (SSSR count). The van der Waals surface area contributed by atoms with E-state index in [4.69, 9.17) is 0 Å². The predicted octanol–water partition coefficient (Wildman–Crippen LogP) is 16.0. The minimum atomic E-state index is -4.68. The fourth-order valence-electron chi connectivity index (χ4n) is 11.9. The molecule has 66 heavy (non-hydrogen) atoms. The average Bonchev–Trinajstić information content (AvgIpc) is 3.79. The highest BCUT2D eigenvalue weighted by atomic mass is 19.4. The summed E-state index contributed by atoms with van der Waals surface area (Å²) in [6.45, 7) is 0. The summed E-state index contributed by atoms with van der Waals surface area (Å²) in [6, 6.07) is 63.4. The first-order valence-electron chi connectivity index (χ1n) is 21.7. The van der Waals surface area contributed by atoms with Crippen LogP contribution in [0.5, 0.6) is 0 Å². The zero-order valence-corrected chi connectivity index (χ0v) is 34.8. The van der Waals surface area contributed by atoms with Crippen molar-refractivity contribution in [2.75, 3.05) is 9.80 Å². The van der Waals surface area contributed by atoms with Crippen molar-refractivity contribution in [1.29, 1.82) is 0 Å². The van der Waals surface area contributed by atoms with Gasteiger partial charge in [-0.3, -0.25) is 0 Å². The Morgan fingerprint density at radius 2 is 0.667 bits per heavy atom. The summed E-state index contributed by atoms with van der Waals surface area (Å²) in [5.74, 6) is 0. The van der Waals surface area contributed by atoms with Crippen LogP contribution in [-0.2, 0) is 23.2 Å². The van der Waals surface area contributed by atoms with Crippen molar-refractivity contribution < 1.29 is 26.3 Å². The molecule has 0 saturated heterocycles. The molecule has 0 atom stereocenters. The van der Waals surface area contributed by atoms with Gasteiger partial charge in [0.1, 0.15) is 0 Å². The van der Waals surface area contributed by atoms with Crippen molar-refractivity contribution in [2.24, 2.45) is 0 Å². The number of hydrogen-bond acceptors (Lipinski definition) is 2.